The van der Waals surface area contributed by atoms with Gasteiger partial charge in [0.2, 0.25) is 0 Å². The highest BCUT2D eigenvalue weighted by atomic mass is 16.6. The number of ketones is 1. The summed E-state index contributed by atoms with van der Waals surface area (Å²) in [5.41, 5.74) is 2.10. The summed E-state index contributed by atoms with van der Waals surface area (Å²) in [7, 11) is 1.55. The van der Waals surface area contributed by atoms with Crippen LogP contribution in [0.2, 0.25) is 0 Å². The Morgan fingerprint density at radius 3 is 2.41 bits per heavy atom. The lowest BCUT2D eigenvalue weighted by molar-refractivity contribution is -0.384. The number of nitro groups is 1. The van der Waals surface area contributed by atoms with Crippen LogP contribution in [0.15, 0.2) is 78.4 Å². The Morgan fingerprint density at radius 1 is 1.06 bits per heavy atom. The van der Waals surface area contributed by atoms with Crippen molar-refractivity contribution in [1.29, 1.82) is 0 Å². The van der Waals surface area contributed by atoms with Gasteiger partial charge in [0.1, 0.15) is 11.5 Å². The number of carbonyl (C=O) groups excluding carboxylic acids is 2. The largest absolute Gasteiger partial charge is 0.507 e. The van der Waals surface area contributed by atoms with E-state index in [1.54, 1.807) is 37.4 Å². The number of Topliss-reactive ketones (excluding diaryl/α,β-unsaturated/α-hetero) is 1. The summed E-state index contributed by atoms with van der Waals surface area (Å²) in [6.45, 7) is 2.01. The third-order valence-corrected chi connectivity index (χ3v) is 5.74. The van der Waals surface area contributed by atoms with Crippen LogP contribution in [-0.2, 0) is 16.1 Å². The van der Waals surface area contributed by atoms with Crippen molar-refractivity contribution in [2.24, 2.45) is 0 Å². The number of carbonyl (C=O) groups is 2. The van der Waals surface area contributed by atoms with Crippen molar-refractivity contribution in [2.75, 3.05) is 7.11 Å². The third kappa shape index (κ3) is 4.25. The SMILES string of the molecule is COc1ccc(CN2C(=O)C(=O)/C(=C(\O)c3cccc([N+](=O)[O-])c3)C2c2cccc(C)c2)cc1. The highest BCUT2D eigenvalue weighted by Crippen LogP contribution is 2.40. The maximum atomic E-state index is 13.1. The zero-order valence-corrected chi connectivity index (χ0v) is 18.6. The van der Waals surface area contributed by atoms with Crippen LogP contribution in [0, 0.1) is 17.0 Å². The number of aliphatic hydroxyl groups is 1. The maximum Gasteiger partial charge on any atom is 0.295 e. The highest BCUT2D eigenvalue weighted by Gasteiger charge is 2.46. The zero-order chi connectivity index (χ0) is 24.4. The van der Waals surface area contributed by atoms with Gasteiger partial charge in [0.05, 0.1) is 23.6 Å². The molecule has 0 spiro atoms. The van der Waals surface area contributed by atoms with Gasteiger partial charge in [0.25, 0.3) is 17.4 Å². The first-order valence-electron chi connectivity index (χ1n) is 10.5. The number of benzene rings is 3. The molecule has 1 fully saturated rings. The smallest absolute Gasteiger partial charge is 0.295 e. The van der Waals surface area contributed by atoms with Gasteiger partial charge in [-0.3, -0.25) is 19.7 Å². The minimum Gasteiger partial charge on any atom is -0.507 e. The molecular formula is C26H22N2O6. The van der Waals surface area contributed by atoms with E-state index in [2.05, 4.69) is 0 Å². The number of aryl methyl sites for hydroxylation is 1. The fourth-order valence-electron chi connectivity index (χ4n) is 4.08. The third-order valence-electron chi connectivity index (χ3n) is 5.74. The Bertz CT molecular complexity index is 1310. The molecule has 1 N–H and O–H groups in total. The maximum absolute atomic E-state index is 13.1. The predicted octanol–water partition coefficient (Wildman–Crippen LogP) is 4.53. The molecule has 8 nitrogen and oxygen atoms in total. The number of likely N-dealkylation sites (tertiary alicyclic amines) is 1. The van der Waals surface area contributed by atoms with Crippen LogP contribution < -0.4 is 4.74 Å². The fraction of sp³-hybridized carbons (Fsp3) is 0.154. The standard InChI is InChI=1S/C26H22N2O6/c1-16-5-3-6-18(13-16)23-22(24(29)19-7-4-8-20(14-19)28(32)33)25(30)26(31)27(23)15-17-9-11-21(34-2)12-10-17/h3-14,23,29H,15H2,1-2H3/b24-22-. The van der Waals surface area contributed by atoms with Crippen LogP contribution in [0.25, 0.3) is 5.76 Å². The van der Waals surface area contributed by atoms with Crippen molar-refractivity contribution in [3.8, 4) is 5.75 Å². The number of rotatable bonds is 6. The molecule has 1 amide bonds. The minimum absolute atomic E-state index is 0.0919. The van der Waals surface area contributed by atoms with E-state index in [-0.39, 0.29) is 23.4 Å². The Balaban J connectivity index is 1.85. The molecule has 8 heteroatoms. The van der Waals surface area contributed by atoms with Crippen molar-refractivity contribution >= 4 is 23.1 Å². The second-order valence-corrected chi connectivity index (χ2v) is 8.00. The lowest BCUT2D eigenvalue weighted by Gasteiger charge is -2.25. The van der Waals surface area contributed by atoms with Gasteiger partial charge in [0.15, 0.2) is 0 Å². The summed E-state index contributed by atoms with van der Waals surface area (Å²) >= 11 is 0. The van der Waals surface area contributed by atoms with Gasteiger partial charge in [0, 0.05) is 24.2 Å². The Kier molecular flexibility index (Phi) is 6.14. The summed E-state index contributed by atoms with van der Waals surface area (Å²) in [6, 6.07) is 18.9. The fourth-order valence-corrected chi connectivity index (χ4v) is 4.08. The highest BCUT2D eigenvalue weighted by molar-refractivity contribution is 6.46. The van der Waals surface area contributed by atoms with Crippen LogP contribution in [-0.4, -0.2) is 33.7 Å². The number of amides is 1. The quantitative estimate of drug-likeness (QED) is 0.191. The van der Waals surface area contributed by atoms with Gasteiger partial charge >= 0.3 is 0 Å². The molecule has 0 aromatic heterocycles. The number of hydrogen-bond donors (Lipinski definition) is 1. The predicted molar refractivity (Wildman–Crippen MR) is 125 cm³/mol. The second kappa shape index (κ2) is 9.19. The molecular weight excluding hydrogens is 436 g/mol. The molecule has 0 bridgehead atoms. The minimum atomic E-state index is -0.860. The van der Waals surface area contributed by atoms with E-state index < -0.39 is 28.4 Å². The van der Waals surface area contributed by atoms with Gasteiger partial charge in [-0.1, -0.05) is 54.1 Å². The summed E-state index contributed by atoms with van der Waals surface area (Å²) in [6.07, 6.45) is 0. The Hall–Kier alpha value is -4.46. The first-order chi connectivity index (χ1) is 16.3. The normalized spacial score (nSPS) is 17.1. The van der Waals surface area contributed by atoms with E-state index in [1.165, 1.54) is 29.2 Å². The Labute approximate surface area is 195 Å². The molecule has 172 valence electrons. The molecule has 1 aliphatic heterocycles. The van der Waals surface area contributed by atoms with Crippen LogP contribution >= 0.6 is 0 Å². The molecule has 4 rings (SSSR count). The first-order valence-corrected chi connectivity index (χ1v) is 10.5. The number of hydrogen-bond acceptors (Lipinski definition) is 6. The lowest BCUT2D eigenvalue weighted by Crippen LogP contribution is -2.29. The average molecular weight is 458 g/mol. The summed E-state index contributed by atoms with van der Waals surface area (Å²) < 4.78 is 5.18. The van der Waals surface area contributed by atoms with E-state index in [1.807, 2.05) is 25.1 Å². The average Bonchev–Trinajstić information content (AvgIpc) is 3.09. The molecule has 1 saturated heterocycles. The zero-order valence-electron chi connectivity index (χ0n) is 18.6. The van der Waals surface area contributed by atoms with E-state index in [0.717, 1.165) is 11.1 Å². The number of ether oxygens (including phenoxy) is 1. The van der Waals surface area contributed by atoms with E-state index >= 15 is 0 Å². The number of non-ortho nitro benzene ring substituents is 1. The summed E-state index contributed by atoms with van der Waals surface area (Å²) in [5, 5.41) is 22.3. The Morgan fingerprint density at radius 2 is 1.76 bits per heavy atom. The van der Waals surface area contributed by atoms with Crippen molar-refractivity contribution in [1.82, 2.24) is 4.90 Å². The van der Waals surface area contributed by atoms with E-state index in [0.29, 0.717) is 11.3 Å². The molecule has 0 radical (unpaired) electrons. The van der Waals surface area contributed by atoms with Gasteiger partial charge in [-0.2, -0.15) is 0 Å². The van der Waals surface area contributed by atoms with E-state index in [9.17, 15) is 24.8 Å². The van der Waals surface area contributed by atoms with Gasteiger partial charge in [-0.15, -0.1) is 0 Å². The summed E-state index contributed by atoms with van der Waals surface area (Å²) in [4.78, 5) is 38.3. The van der Waals surface area contributed by atoms with Crippen molar-refractivity contribution in [2.45, 2.75) is 19.5 Å². The number of aliphatic hydroxyl groups excluding tert-OH is 1. The molecule has 1 atom stereocenters. The molecule has 1 unspecified atom stereocenters. The summed E-state index contributed by atoms with van der Waals surface area (Å²) in [5.74, 6) is -1.39. The molecule has 3 aromatic rings. The molecule has 34 heavy (non-hydrogen) atoms. The van der Waals surface area contributed by atoms with Crippen LogP contribution in [0.5, 0.6) is 5.75 Å². The van der Waals surface area contributed by atoms with Crippen molar-refractivity contribution in [3.63, 3.8) is 0 Å². The lowest BCUT2D eigenvalue weighted by atomic mass is 9.94. The molecule has 0 aliphatic carbocycles. The topological polar surface area (TPSA) is 110 Å². The van der Waals surface area contributed by atoms with Gasteiger partial charge in [-0.05, 0) is 30.2 Å². The van der Waals surface area contributed by atoms with E-state index in [4.69, 9.17) is 4.74 Å². The van der Waals surface area contributed by atoms with Crippen LogP contribution in [0.3, 0.4) is 0 Å². The second-order valence-electron chi connectivity index (χ2n) is 8.00. The van der Waals surface area contributed by atoms with Crippen molar-refractivity contribution < 1.29 is 24.4 Å². The number of methoxy groups -OCH3 is 1. The first kappa shape index (κ1) is 22.7. The van der Waals surface area contributed by atoms with Crippen LogP contribution in [0.1, 0.15) is 28.3 Å². The van der Waals surface area contributed by atoms with Crippen molar-refractivity contribution in [3.05, 3.63) is 111 Å². The molecule has 1 heterocycles. The monoisotopic (exact) mass is 458 g/mol. The van der Waals surface area contributed by atoms with Crippen LogP contribution in [0.4, 0.5) is 5.69 Å². The molecule has 0 saturated carbocycles. The van der Waals surface area contributed by atoms with Gasteiger partial charge in [-0.25, -0.2) is 0 Å². The molecule has 3 aromatic carbocycles. The number of nitrogens with zero attached hydrogens (tertiary/aromatic N) is 2. The molecule has 1 aliphatic rings. The van der Waals surface area contributed by atoms with Gasteiger partial charge < -0.3 is 14.7 Å². The number of nitro benzene ring substituents is 1.